The molecule has 0 aromatic heterocycles. The highest BCUT2D eigenvalue weighted by molar-refractivity contribution is 5.78. The summed E-state index contributed by atoms with van der Waals surface area (Å²) >= 11 is 0. The topological polar surface area (TPSA) is 47.0 Å². The molecule has 1 N–H and O–H groups in total. The van der Waals surface area contributed by atoms with E-state index in [0.717, 1.165) is 61.8 Å². The monoisotopic (exact) mass is 427 g/mol. The maximum Gasteiger partial charge on any atom is 0.223 e. The van der Waals surface area contributed by atoms with E-state index in [1.165, 1.54) is 0 Å². The van der Waals surface area contributed by atoms with Crippen molar-refractivity contribution < 1.29 is 14.3 Å². The molecule has 4 unspecified atom stereocenters. The fraction of sp³-hybridized carbons (Fsp3) is 0.720. The van der Waals surface area contributed by atoms with Crippen LogP contribution in [0.25, 0.3) is 0 Å². The number of amides is 1. The van der Waals surface area contributed by atoms with Gasteiger partial charge >= 0.3 is 0 Å². The lowest BCUT2D eigenvalue weighted by atomic mass is 9.61. The summed E-state index contributed by atoms with van der Waals surface area (Å²) in [5.74, 6) is 1.12. The molecule has 2 saturated heterocycles. The van der Waals surface area contributed by atoms with Crippen molar-refractivity contribution in [2.75, 3.05) is 19.1 Å². The standard InChI is InChI=1S/C25H34FN3O2/c1-14(8-21(30)29-17-9-15-10-18(29)13-25(31,11-15)12-17)24-23-20(27(2)28(24)3)7-6-19(26)22(23)16-4-5-16/h6-7,14-18,24,31H,4-5,8-13H2,1-3H3. The lowest BCUT2D eigenvalue weighted by Crippen LogP contribution is -2.65. The lowest BCUT2D eigenvalue weighted by Gasteiger charge is -2.59. The van der Waals surface area contributed by atoms with Gasteiger partial charge in [-0.3, -0.25) is 4.79 Å². The summed E-state index contributed by atoms with van der Waals surface area (Å²) in [6.07, 6.45) is 7.08. The number of hydrogen-bond acceptors (Lipinski definition) is 4. The van der Waals surface area contributed by atoms with E-state index in [0.29, 0.717) is 18.3 Å². The first-order valence-electron chi connectivity index (χ1n) is 12.1. The molecule has 1 amide bonds. The number of nitrogens with zero attached hydrogens (tertiary/aromatic N) is 3. The van der Waals surface area contributed by atoms with Crippen LogP contribution in [0.15, 0.2) is 12.1 Å². The van der Waals surface area contributed by atoms with E-state index in [2.05, 4.69) is 28.9 Å². The van der Waals surface area contributed by atoms with Crippen LogP contribution in [-0.4, -0.2) is 52.7 Å². The summed E-state index contributed by atoms with van der Waals surface area (Å²) in [7, 11) is 4.09. The van der Waals surface area contributed by atoms with Crippen LogP contribution in [0.3, 0.4) is 0 Å². The first-order chi connectivity index (χ1) is 14.8. The molecule has 4 bridgehead atoms. The number of carbonyl (C=O) groups is 1. The van der Waals surface area contributed by atoms with Crippen LogP contribution in [0, 0.1) is 17.7 Å². The Labute approximate surface area is 184 Å². The number of carbonyl (C=O) groups excluding carboxylic acids is 1. The molecule has 4 atom stereocenters. The Morgan fingerprint density at radius 2 is 1.84 bits per heavy atom. The van der Waals surface area contributed by atoms with Crippen molar-refractivity contribution in [2.24, 2.45) is 11.8 Å². The van der Waals surface area contributed by atoms with Crippen molar-refractivity contribution in [3.8, 4) is 0 Å². The highest BCUT2D eigenvalue weighted by atomic mass is 19.1. The molecule has 1 aromatic rings. The second-order valence-electron chi connectivity index (χ2n) is 11.2. The van der Waals surface area contributed by atoms with E-state index in [-0.39, 0.29) is 35.8 Å². The number of benzene rings is 1. The second-order valence-corrected chi connectivity index (χ2v) is 11.2. The Hall–Kier alpha value is -1.66. The first-order valence-corrected chi connectivity index (χ1v) is 12.1. The van der Waals surface area contributed by atoms with Gasteiger partial charge in [-0.25, -0.2) is 9.40 Å². The third kappa shape index (κ3) is 2.97. The van der Waals surface area contributed by atoms with Crippen LogP contribution in [0.5, 0.6) is 0 Å². The minimum absolute atomic E-state index is 0.0115. The fourth-order valence-electron chi connectivity index (χ4n) is 7.66. The van der Waals surface area contributed by atoms with Gasteiger partial charge in [0.1, 0.15) is 5.82 Å². The van der Waals surface area contributed by atoms with Gasteiger partial charge in [0.25, 0.3) is 0 Å². The largest absolute Gasteiger partial charge is 0.390 e. The van der Waals surface area contributed by atoms with Crippen LogP contribution in [0.1, 0.15) is 81.4 Å². The van der Waals surface area contributed by atoms with Gasteiger partial charge in [0.05, 0.1) is 17.3 Å². The summed E-state index contributed by atoms with van der Waals surface area (Å²) in [5.41, 5.74) is 2.52. The third-order valence-corrected chi connectivity index (χ3v) is 8.94. The molecule has 3 aliphatic heterocycles. The molecule has 0 spiro atoms. The van der Waals surface area contributed by atoms with E-state index in [1.807, 2.05) is 13.1 Å². The average Bonchev–Trinajstić information content (AvgIpc) is 3.47. The smallest absolute Gasteiger partial charge is 0.223 e. The fourth-order valence-corrected chi connectivity index (χ4v) is 7.66. The molecule has 3 aliphatic carbocycles. The number of rotatable bonds is 4. The molecular weight excluding hydrogens is 393 g/mol. The lowest BCUT2D eigenvalue weighted by molar-refractivity contribution is -0.175. The van der Waals surface area contributed by atoms with Crippen molar-refractivity contribution >= 4 is 11.6 Å². The number of hydrogen-bond donors (Lipinski definition) is 1. The van der Waals surface area contributed by atoms with E-state index in [1.54, 1.807) is 6.07 Å². The molecule has 31 heavy (non-hydrogen) atoms. The van der Waals surface area contributed by atoms with Gasteiger partial charge in [0.15, 0.2) is 0 Å². The van der Waals surface area contributed by atoms with Crippen molar-refractivity contribution in [1.29, 1.82) is 0 Å². The van der Waals surface area contributed by atoms with Crippen LogP contribution in [0.4, 0.5) is 10.1 Å². The van der Waals surface area contributed by atoms with Gasteiger partial charge in [0.2, 0.25) is 5.91 Å². The van der Waals surface area contributed by atoms with E-state index in [9.17, 15) is 14.3 Å². The van der Waals surface area contributed by atoms with Crippen LogP contribution in [-0.2, 0) is 4.79 Å². The van der Waals surface area contributed by atoms with Gasteiger partial charge in [-0.05, 0) is 80.4 Å². The average molecular weight is 428 g/mol. The van der Waals surface area contributed by atoms with Gasteiger partial charge in [-0.15, -0.1) is 0 Å². The molecule has 3 heterocycles. The molecule has 1 aromatic carbocycles. The number of hydrazine groups is 1. The normalized spacial score (nSPS) is 37.5. The molecule has 0 radical (unpaired) electrons. The molecule has 7 rings (SSSR count). The van der Waals surface area contributed by atoms with Crippen LogP contribution in [0.2, 0.25) is 0 Å². The molecule has 6 aliphatic rings. The Morgan fingerprint density at radius 1 is 1.16 bits per heavy atom. The van der Waals surface area contributed by atoms with Crippen LogP contribution >= 0.6 is 0 Å². The predicted octanol–water partition coefficient (Wildman–Crippen LogP) is 3.97. The number of aliphatic hydroxyl groups is 1. The maximum atomic E-state index is 14.9. The Balaban J connectivity index is 1.26. The van der Waals surface area contributed by atoms with E-state index < -0.39 is 5.60 Å². The van der Waals surface area contributed by atoms with Gasteiger partial charge < -0.3 is 15.0 Å². The summed E-state index contributed by atoms with van der Waals surface area (Å²) in [4.78, 5) is 15.7. The first kappa shape index (κ1) is 20.0. The third-order valence-electron chi connectivity index (χ3n) is 8.94. The summed E-state index contributed by atoms with van der Waals surface area (Å²) in [6, 6.07) is 3.92. The SMILES string of the molecule is CC(CC(=O)N1C2CC3CC1CC(O)(C3)C2)C1c2c(ccc(F)c2C2CC2)N(C)N1C. The van der Waals surface area contributed by atoms with Gasteiger partial charge in [0, 0.05) is 38.2 Å². The van der Waals surface area contributed by atoms with E-state index in [4.69, 9.17) is 0 Å². The van der Waals surface area contributed by atoms with Crippen molar-refractivity contribution in [3.05, 3.63) is 29.1 Å². The molecule has 5 nitrogen and oxygen atoms in total. The van der Waals surface area contributed by atoms with Gasteiger partial charge in [-0.1, -0.05) is 6.92 Å². The Kier molecular flexibility index (Phi) is 4.30. The number of fused-ring (bicyclic) bond motifs is 1. The Morgan fingerprint density at radius 3 is 2.45 bits per heavy atom. The van der Waals surface area contributed by atoms with Crippen molar-refractivity contribution in [2.45, 2.75) is 87.9 Å². The summed E-state index contributed by atoms with van der Waals surface area (Å²) in [6.45, 7) is 2.15. The molecule has 5 fully saturated rings. The zero-order valence-electron chi connectivity index (χ0n) is 18.9. The number of halogens is 1. The zero-order chi connectivity index (χ0) is 21.7. The van der Waals surface area contributed by atoms with Crippen LogP contribution < -0.4 is 5.01 Å². The minimum atomic E-state index is -0.539. The summed E-state index contributed by atoms with van der Waals surface area (Å²) in [5, 5.41) is 15.2. The van der Waals surface area contributed by atoms with E-state index >= 15 is 0 Å². The number of anilines is 1. The van der Waals surface area contributed by atoms with Crippen molar-refractivity contribution in [3.63, 3.8) is 0 Å². The quantitative estimate of drug-likeness (QED) is 0.790. The van der Waals surface area contributed by atoms with Gasteiger partial charge in [-0.2, -0.15) is 0 Å². The predicted molar refractivity (Wildman–Crippen MR) is 117 cm³/mol. The second kappa shape index (κ2) is 6.67. The highest BCUT2D eigenvalue weighted by Gasteiger charge is 2.55. The molecular formula is C25H34FN3O2. The summed E-state index contributed by atoms with van der Waals surface area (Å²) < 4.78 is 14.9. The minimum Gasteiger partial charge on any atom is -0.390 e. The number of piperidine rings is 2. The molecule has 3 saturated carbocycles. The molecule has 168 valence electrons. The Bertz CT molecular complexity index is 916. The molecule has 6 heteroatoms. The van der Waals surface area contributed by atoms with Crippen molar-refractivity contribution in [1.82, 2.24) is 9.91 Å². The highest BCUT2D eigenvalue weighted by Crippen LogP contribution is 2.54. The maximum absolute atomic E-state index is 14.9. The zero-order valence-corrected chi connectivity index (χ0v) is 18.9.